The second-order valence-corrected chi connectivity index (χ2v) is 4.31. The van der Waals surface area contributed by atoms with E-state index >= 15 is 0 Å². The Balaban J connectivity index is 2.20. The summed E-state index contributed by atoms with van der Waals surface area (Å²) < 4.78 is 31.5. The minimum Gasteiger partial charge on any atom is -0.482 e. The summed E-state index contributed by atoms with van der Waals surface area (Å²) >= 11 is 5.53. The van der Waals surface area contributed by atoms with Gasteiger partial charge >= 0.3 is 5.69 Å². The first kappa shape index (κ1) is 14.2. The van der Waals surface area contributed by atoms with E-state index in [0.717, 1.165) is 24.3 Å². The number of halogens is 3. The fourth-order valence-corrected chi connectivity index (χ4v) is 1.66. The van der Waals surface area contributed by atoms with Crippen molar-refractivity contribution in [3.05, 3.63) is 68.7 Å². The summed E-state index contributed by atoms with van der Waals surface area (Å²) in [6, 6.07) is 6.88. The predicted octanol–water partition coefficient (Wildman–Crippen LogP) is 4.11. The summed E-state index contributed by atoms with van der Waals surface area (Å²) in [6.07, 6.45) is 0. The lowest BCUT2D eigenvalue weighted by Crippen LogP contribution is -2.00. The molecule has 0 spiro atoms. The number of rotatable bonds is 4. The maximum Gasteiger partial charge on any atom is 0.311 e. The van der Waals surface area contributed by atoms with Gasteiger partial charge in [0.1, 0.15) is 18.2 Å². The van der Waals surface area contributed by atoms with Crippen molar-refractivity contribution in [3.8, 4) is 5.75 Å². The van der Waals surface area contributed by atoms with Crippen LogP contribution >= 0.6 is 11.6 Å². The van der Waals surface area contributed by atoms with E-state index in [2.05, 4.69) is 0 Å². The first-order chi connectivity index (χ1) is 9.47. The Morgan fingerprint density at radius 2 is 1.95 bits per heavy atom. The van der Waals surface area contributed by atoms with E-state index < -0.39 is 16.6 Å². The molecule has 2 aromatic rings. The van der Waals surface area contributed by atoms with Gasteiger partial charge in [-0.2, -0.15) is 0 Å². The molecule has 20 heavy (non-hydrogen) atoms. The van der Waals surface area contributed by atoms with Gasteiger partial charge in [0.05, 0.1) is 9.95 Å². The zero-order valence-corrected chi connectivity index (χ0v) is 10.7. The standard InChI is InChI=1S/C13H8ClF2NO3/c14-10-3-1-8(5-11(10)16)7-20-13-6-9(15)2-4-12(13)17(18)19/h1-6H,7H2. The number of nitrogens with zero attached hydrogens (tertiary/aromatic N) is 1. The van der Waals surface area contributed by atoms with Crippen molar-refractivity contribution < 1.29 is 18.4 Å². The van der Waals surface area contributed by atoms with Gasteiger partial charge in [-0.05, 0) is 23.8 Å². The molecule has 0 radical (unpaired) electrons. The molecule has 0 amide bonds. The largest absolute Gasteiger partial charge is 0.482 e. The van der Waals surface area contributed by atoms with E-state index in [0.29, 0.717) is 5.56 Å². The Morgan fingerprint density at radius 3 is 2.60 bits per heavy atom. The minimum atomic E-state index is -0.683. The highest BCUT2D eigenvalue weighted by molar-refractivity contribution is 6.30. The Hall–Kier alpha value is -2.21. The van der Waals surface area contributed by atoms with Gasteiger partial charge in [0, 0.05) is 12.1 Å². The monoisotopic (exact) mass is 299 g/mol. The van der Waals surface area contributed by atoms with E-state index in [1.165, 1.54) is 12.1 Å². The van der Waals surface area contributed by atoms with Crippen molar-refractivity contribution >= 4 is 17.3 Å². The van der Waals surface area contributed by atoms with Crippen LogP contribution in [0.1, 0.15) is 5.56 Å². The Morgan fingerprint density at radius 1 is 1.20 bits per heavy atom. The van der Waals surface area contributed by atoms with Crippen molar-refractivity contribution in [1.82, 2.24) is 0 Å². The highest BCUT2D eigenvalue weighted by Crippen LogP contribution is 2.28. The van der Waals surface area contributed by atoms with Crippen LogP contribution in [0.2, 0.25) is 5.02 Å². The van der Waals surface area contributed by atoms with Crippen molar-refractivity contribution in [2.45, 2.75) is 6.61 Å². The molecule has 0 unspecified atom stereocenters. The van der Waals surface area contributed by atoms with Crippen LogP contribution in [0.25, 0.3) is 0 Å². The van der Waals surface area contributed by atoms with Gasteiger partial charge in [0.2, 0.25) is 0 Å². The summed E-state index contributed by atoms with van der Waals surface area (Å²) in [5, 5.41) is 10.7. The summed E-state index contributed by atoms with van der Waals surface area (Å²) in [6.45, 7) is -0.140. The number of hydrogen-bond donors (Lipinski definition) is 0. The molecule has 0 saturated heterocycles. The molecule has 0 fully saturated rings. The van der Waals surface area contributed by atoms with E-state index in [-0.39, 0.29) is 23.1 Å². The van der Waals surface area contributed by atoms with Crippen LogP contribution in [0.15, 0.2) is 36.4 Å². The first-order valence-electron chi connectivity index (χ1n) is 5.48. The molecule has 0 bridgehead atoms. The normalized spacial score (nSPS) is 10.3. The zero-order chi connectivity index (χ0) is 14.7. The van der Waals surface area contributed by atoms with Crippen LogP contribution in [-0.2, 0) is 6.61 Å². The molecular formula is C13H8ClF2NO3. The molecule has 104 valence electrons. The topological polar surface area (TPSA) is 52.4 Å². The molecule has 0 aliphatic carbocycles. The van der Waals surface area contributed by atoms with Gasteiger partial charge in [0.15, 0.2) is 5.75 Å². The number of nitro groups is 1. The van der Waals surface area contributed by atoms with Crippen molar-refractivity contribution in [2.75, 3.05) is 0 Å². The van der Waals surface area contributed by atoms with Gasteiger partial charge in [-0.3, -0.25) is 10.1 Å². The van der Waals surface area contributed by atoms with E-state index in [4.69, 9.17) is 16.3 Å². The van der Waals surface area contributed by atoms with Crippen LogP contribution < -0.4 is 4.74 Å². The van der Waals surface area contributed by atoms with Crippen LogP contribution in [-0.4, -0.2) is 4.92 Å². The lowest BCUT2D eigenvalue weighted by atomic mass is 10.2. The van der Waals surface area contributed by atoms with Gasteiger partial charge in [-0.15, -0.1) is 0 Å². The second kappa shape index (κ2) is 5.83. The third kappa shape index (κ3) is 3.21. The molecule has 0 N–H and O–H groups in total. The van der Waals surface area contributed by atoms with Gasteiger partial charge in [0.25, 0.3) is 0 Å². The molecule has 0 saturated carbocycles. The SMILES string of the molecule is O=[N+]([O-])c1ccc(F)cc1OCc1ccc(Cl)c(F)c1. The average Bonchev–Trinajstić information content (AvgIpc) is 2.40. The smallest absolute Gasteiger partial charge is 0.311 e. The van der Waals surface area contributed by atoms with Crippen molar-refractivity contribution in [2.24, 2.45) is 0 Å². The molecule has 0 heterocycles. The highest BCUT2D eigenvalue weighted by Gasteiger charge is 2.16. The van der Waals surface area contributed by atoms with Crippen LogP contribution in [0.5, 0.6) is 5.75 Å². The van der Waals surface area contributed by atoms with Gasteiger partial charge < -0.3 is 4.74 Å². The van der Waals surface area contributed by atoms with Crippen LogP contribution in [0, 0.1) is 21.7 Å². The van der Waals surface area contributed by atoms with Crippen LogP contribution in [0.4, 0.5) is 14.5 Å². The van der Waals surface area contributed by atoms with Gasteiger partial charge in [-0.25, -0.2) is 8.78 Å². The lowest BCUT2D eigenvalue weighted by molar-refractivity contribution is -0.386. The molecule has 0 atom stereocenters. The van der Waals surface area contributed by atoms with E-state index in [1.807, 2.05) is 0 Å². The molecule has 4 nitrogen and oxygen atoms in total. The second-order valence-electron chi connectivity index (χ2n) is 3.91. The Labute approximate surface area is 117 Å². The molecular weight excluding hydrogens is 292 g/mol. The molecule has 2 rings (SSSR count). The van der Waals surface area contributed by atoms with E-state index in [1.54, 1.807) is 0 Å². The fourth-order valence-electron chi connectivity index (χ4n) is 1.54. The molecule has 0 aliphatic rings. The maximum atomic E-state index is 13.2. The molecule has 7 heteroatoms. The lowest BCUT2D eigenvalue weighted by Gasteiger charge is -2.07. The maximum absolute atomic E-state index is 13.2. The molecule has 0 aliphatic heterocycles. The van der Waals surface area contributed by atoms with Crippen molar-refractivity contribution in [3.63, 3.8) is 0 Å². The van der Waals surface area contributed by atoms with E-state index in [9.17, 15) is 18.9 Å². The summed E-state index contributed by atoms with van der Waals surface area (Å²) in [5.41, 5.74) is 0.0614. The summed E-state index contributed by atoms with van der Waals surface area (Å²) in [5.74, 6) is -1.50. The summed E-state index contributed by atoms with van der Waals surface area (Å²) in [4.78, 5) is 10.1. The van der Waals surface area contributed by atoms with Crippen molar-refractivity contribution in [1.29, 1.82) is 0 Å². The quantitative estimate of drug-likeness (QED) is 0.630. The average molecular weight is 300 g/mol. The Bertz CT molecular complexity index is 664. The fraction of sp³-hybridized carbons (Fsp3) is 0.0769. The highest BCUT2D eigenvalue weighted by atomic mass is 35.5. The van der Waals surface area contributed by atoms with Gasteiger partial charge in [-0.1, -0.05) is 17.7 Å². The third-order valence-corrected chi connectivity index (χ3v) is 2.80. The first-order valence-corrected chi connectivity index (χ1v) is 5.86. The predicted molar refractivity (Wildman–Crippen MR) is 68.8 cm³/mol. The zero-order valence-electron chi connectivity index (χ0n) is 9.98. The molecule has 0 aromatic heterocycles. The summed E-state index contributed by atoms with van der Waals surface area (Å²) in [7, 11) is 0. The minimum absolute atomic E-state index is 0.0366. The number of hydrogen-bond acceptors (Lipinski definition) is 3. The third-order valence-electron chi connectivity index (χ3n) is 2.50. The Kier molecular flexibility index (Phi) is 4.14. The van der Waals surface area contributed by atoms with Crippen LogP contribution in [0.3, 0.4) is 0 Å². The molecule has 2 aromatic carbocycles. The number of nitro benzene ring substituents is 1. The number of benzene rings is 2. The number of ether oxygens (including phenoxy) is 1.